The SMILES string of the molecule is Cc1ccc(C(C)C)c(OCC(=O)OCC(=O)NC(=O)NCC(C)C)c1. The molecular weight excluding hydrogens is 336 g/mol. The van der Waals surface area contributed by atoms with Crippen molar-refractivity contribution in [1.82, 2.24) is 10.6 Å². The number of esters is 1. The number of ether oxygens (including phenoxy) is 2. The first-order valence-corrected chi connectivity index (χ1v) is 8.65. The van der Waals surface area contributed by atoms with Crippen LogP contribution in [0.1, 0.15) is 44.7 Å². The van der Waals surface area contributed by atoms with Gasteiger partial charge in [-0.15, -0.1) is 0 Å². The van der Waals surface area contributed by atoms with Gasteiger partial charge in [-0.3, -0.25) is 10.1 Å². The van der Waals surface area contributed by atoms with Crippen LogP contribution >= 0.6 is 0 Å². The number of urea groups is 1. The summed E-state index contributed by atoms with van der Waals surface area (Å²) in [6.07, 6.45) is 0. The molecule has 0 saturated heterocycles. The summed E-state index contributed by atoms with van der Waals surface area (Å²) in [5.41, 5.74) is 2.01. The van der Waals surface area contributed by atoms with Gasteiger partial charge in [0.05, 0.1) is 0 Å². The van der Waals surface area contributed by atoms with Gasteiger partial charge < -0.3 is 14.8 Å². The van der Waals surface area contributed by atoms with Crippen LogP contribution in [-0.4, -0.2) is 37.7 Å². The molecule has 0 atom stereocenters. The van der Waals surface area contributed by atoms with Crippen LogP contribution in [0.2, 0.25) is 0 Å². The molecule has 144 valence electrons. The second-order valence-electron chi connectivity index (χ2n) is 6.80. The van der Waals surface area contributed by atoms with E-state index in [-0.39, 0.29) is 18.4 Å². The van der Waals surface area contributed by atoms with E-state index < -0.39 is 24.5 Å². The van der Waals surface area contributed by atoms with Crippen molar-refractivity contribution in [2.75, 3.05) is 19.8 Å². The molecule has 0 aromatic heterocycles. The van der Waals surface area contributed by atoms with Crippen LogP contribution < -0.4 is 15.4 Å². The molecule has 0 spiro atoms. The minimum absolute atomic E-state index is 0.247. The molecule has 26 heavy (non-hydrogen) atoms. The summed E-state index contributed by atoms with van der Waals surface area (Å²) in [4.78, 5) is 34.8. The third-order valence-electron chi connectivity index (χ3n) is 3.42. The first-order chi connectivity index (χ1) is 12.2. The van der Waals surface area contributed by atoms with E-state index >= 15 is 0 Å². The minimum Gasteiger partial charge on any atom is -0.482 e. The van der Waals surface area contributed by atoms with Gasteiger partial charge >= 0.3 is 12.0 Å². The molecule has 1 aromatic rings. The fourth-order valence-corrected chi connectivity index (χ4v) is 2.07. The smallest absolute Gasteiger partial charge is 0.344 e. The van der Waals surface area contributed by atoms with Crippen molar-refractivity contribution in [3.05, 3.63) is 29.3 Å². The van der Waals surface area contributed by atoms with Gasteiger partial charge in [-0.25, -0.2) is 9.59 Å². The van der Waals surface area contributed by atoms with E-state index in [1.54, 1.807) is 0 Å². The third kappa shape index (κ3) is 8.00. The summed E-state index contributed by atoms with van der Waals surface area (Å²) in [5.74, 6) is -0.244. The van der Waals surface area contributed by atoms with E-state index in [0.717, 1.165) is 11.1 Å². The summed E-state index contributed by atoms with van der Waals surface area (Å²) in [6.45, 7) is 9.46. The molecule has 1 aromatic carbocycles. The van der Waals surface area contributed by atoms with Gasteiger partial charge in [-0.05, 0) is 36.0 Å². The van der Waals surface area contributed by atoms with Crippen molar-refractivity contribution in [3.8, 4) is 5.75 Å². The Hall–Kier alpha value is -2.57. The first kappa shape index (κ1) is 21.5. The van der Waals surface area contributed by atoms with Gasteiger partial charge in [0.2, 0.25) is 0 Å². The zero-order chi connectivity index (χ0) is 19.7. The number of imide groups is 1. The highest BCUT2D eigenvalue weighted by molar-refractivity contribution is 5.95. The van der Waals surface area contributed by atoms with Crippen molar-refractivity contribution in [3.63, 3.8) is 0 Å². The predicted molar refractivity (Wildman–Crippen MR) is 98.1 cm³/mol. The number of carbonyl (C=O) groups is 3. The highest BCUT2D eigenvalue weighted by Crippen LogP contribution is 2.27. The Morgan fingerprint density at radius 2 is 1.77 bits per heavy atom. The van der Waals surface area contributed by atoms with Crippen LogP contribution in [0.5, 0.6) is 5.75 Å². The molecule has 0 aliphatic carbocycles. The number of carbonyl (C=O) groups excluding carboxylic acids is 3. The molecule has 0 unspecified atom stereocenters. The lowest BCUT2D eigenvalue weighted by molar-refractivity contribution is -0.150. The third-order valence-corrected chi connectivity index (χ3v) is 3.42. The van der Waals surface area contributed by atoms with Gasteiger partial charge in [0, 0.05) is 6.54 Å². The highest BCUT2D eigenvalue weighted by atomic mass is 16.6. The largest absolute Gasteiger partial charge is 0.482 e. The standard InChI is InChI=1S/C19H28N2O5/c1-12(2)9-20-19(24)21-17(22)10-26-18(23)11-25-16-8-14(5)6-7-15(16)13(3)4/h6-8,12-13H,9-11H2,1-5H3,(H2,20,21,22,24). The van der Waals surface area contributed by atoms with E-state index in [1.807, 2.05) is 52.8 Å². The number of hydrogen-bond acceptors (Lipinski definition) is 5. The highest BCUT2D eigenvalue weighted by Gasteiger charge is 2.13. The van der Waals surface area contributed by atoms with Crippen molar-refractivity contribution < 1.29 is 23.9 Å². The second-order valence-corrected chi connectivity index (χ2v) is 6.80. The number of nitrogens with one attached hydrogen (secondary N) is 2. The number of benzene rings is 1. The molecule has 3 amide bonds. The summed E-state index contributed by atoms with van der Waals surface area (Å²) >= 11 is 0. The number of amides is 3. The summed E-state index contributed by atoms with van der Waals surface area (Å²) in [5, 5.41) is 4.62. The van der Waals surface area contributed by atoms with Gasteiger partial charge in [-0.2, -0.15) is 0 Å². The van der Waals surface area contributed by atoms with Crippen molar-refractivity contribution >= 4 is 17.9 Å². The zero-order valence-corrected chi connectivity index (χ0v) is 16.0. The molecule has 0 radical (unpaired) electrons. The molecule has 1 rings (SSSR count). The average molecular weight is 364 g/mol. The quantitative estimate of drug-likeness (QED) is 0.691. The molecule has 0 heterocycles. The van der Waals surface area contributed by atoms with Crippen LogP contribution in [-0.2, 0) is 14.3 Å². The Bertz CT molecular complexity index is 641. The van der Waals surface area contributed by atoms with Crippen molar-refractivity contribution in [2.45, 2.75) is 40.5 Å². The number of rotatable bonds is 8. The van der Waals surface area contributed by atoms with Crippen LogP contribution in [0.3, 0.4) is 0 Å². The topological polar surface area (TPSA) is 93.7 Å². The van der Waals surface area contributed by atoms with Crippen molar-refractivity contribution in [2.24, 2.45) is 5.92 Å². The molecule has 0 bridgehead atoms. The van der Waals surface area contributed by atoms with E-state index in [9.17, 15) is 14.4 Å². The molecule has 0 aliphatic rings. The summed E-state index contributed by atoms with van der Waals surface area (Å²) in [7, 11) is 0. The fourth-order valence-electron chi connectivity index (χ4n) is 2.07. The predicted octanol–water partition coefficient (Wildman–Crippen LogP) is 2.52. The Balaban J connectivity index is 2.40. The fraction of sp³-hybridized carbons (Fsp3) is 0.526. The first-order valence-electron chi connectivity index (χ1n) is 8.65. The van der Waals surface area contributed by atoms with Gasteiger partial charge in [-0.1, -0.05) is 39.8 Å². The van der Waals surface area contributed by atoms with Crippen molar-refractivity contribution in [1.29, 1.82) is 0 Å². The second kappa shape index (κ2) is 10.4. The lowest BCUT2D eigenvalue weighted by atomic mass is 10.0. The molecule has 7 nitrogen and oxygen atoms in total. The maximum atomic E-state index is 11.8. The Morgan fingerprint density at radius 3 is 2.38 bits per heavy atom. The van der Waals surface area contributed by atoms with E-state index in [2.05, 4.69) is 10.6 Å². The summed E-state index contributed by atoms with van der Waals surface area (Å²) in [6, 6.07) is 5.19. The monoisotopic (exact) mass is 364 g/mol. The number of aryl methyl sites for hydroxylation is 1. The minimum atomic E-state index is -0.696. The zero-order valence-electron chi connectivity index (χ0n) is 16.0. The maximum absolute atomic E-state index is 11.8. The molecule has 7 heteroatoms. The maximum Gasteiger partial charge on any atom is 0.344 e. The van der Waals surface area contributed by atoms with Gasteiger partial charge in [0.1, 0.15) is 5.75 Å². The molecule has 2 N–H and O–H groups in total. The number of hydrogen-bond donors (Lipinski definition) is 2. The lowest BCUT2D eigenvalue weighted by Crippen LogP contribution is -2.42. The van der Waals surface area contributed by atoms with Gasteiger partial charge in [0.25, 0.3) is 5.91 Å². The van der Waals surface area contributed by atoms with E-state index in [1.165, 1.54) is 0 Å². The molecular formula is C19H28N2O5. The van der Waals surface area contributed by atoms with Crippen LogP contribution in [0.15, 0.2) is 18.2 Å². The Labute approximate surface area is 154 Å². The summed E-state index contributed by atoms with van der Waals surface area (Å²) < 4.78 is 10.4. The molecule has 0 fully saturated rings. The van der Waals surface area contributed by atoms with Crippen LogP contribution in [0, 0.1) is 12.8 Å². The average Bonchev–Trinajstić information content (AvgIpc) is 2.56. The van der Waals surface area contributed by atoms with Crippen LogP contribution in [0.25, 0.3) is 0 Å². The van der Waals surface area contributed by atoms with E-state index in [0.29, 0.717) is 12.3 Å². The molecule has 0 saturated carbocycles. The normalized spacial score (nSPS) is 10.6. The van der Waals surface area contributed by atoms with Crippen LogP contribution in [0.4, 0.5) is 4.79 Å². The Kier molecular flexibility index (Phi) is 8.61. The Morgan fingerprint density at radius 1 is 1.08 bits per heavy atom. The molecule has 0 aliphatic heterocycles. The lowest BCUT2D eigenvalue weighted by Gasteiger charge is -2.14. The van der Waals surface area contributed by atoms with Gasteiger partial charge in [0.15, 0.2) is 13.2 Å². The van der Waals surface area contributed by atoms with E-state index in [4.69, 9.17) is 9.47 Å².